The lowest BCUT2D eigenvalue weighted by molar-refractivity contribution is -0.131. The third-order valence-electron chi connectivity index (χ3n) is 7.47. The number of hydrogen-bond acceptors (Lipinski definition) is 2. The Morgan fingerprint density at radius 3 is 2.10 bits per heavy atom. The van der Waals surface area contributed by atoms with E-state index in [1.165, 1.54) is 55.7 Å². The minimum Gasteiger partial charge on any atom is -0.496 e. The van der Waals surface area contributed by atoms with Gasteiger partial charge in [-0.25, -0.2) is 4.79 Å². The van der Waals surface area contributed by atoms with Gasteiger partial charge in [0.2, 0.25) is 0 Å². The lowest BCUT2D eigenvalue weighted by Crippen LogP contribution is -2.48. The van der Waals surface area contributed by atoms with Crippen molar-refractivity contribution in [2.75, 3.05) is 7.11 Å². The monoisotopic (exact) mass is 388 g/mol. The molecule has 2 aromatic rings. The quantitative estimate of drug-likeness (QED) is 0.646. The molecule has 0 aromatic heterocycles. The SMILES string of the molecule is COc1ccc(-c2ccc(/C=C/C(=O)O)cc2)cc1C12CC3CC(CC(C3)C1)C2. The summed E-state index contributed by atoms with van der Waals surface area (Å²) in [5, 5.41) is 8.81. The van der Waals surface area contributed by atoms with Crippen LogP contribution in [-0.4, -0.2) is 18.2 Å². The second kappa shape index (κ2) is 7.05. The van der Waals surface area contributed by atoms with Gasteiger partial charge in [-0.1, -0.05) is 30.3 Å². The Morgan fingerprint density at radius 1 is 0.966 bits per heavy atom. The van der Waals surface area contributed by atoms with Gasteiger partial charge in [0.1, 0.15) is 5.75 Å². The minimum atomic E-state index is -0.926. The number of ether oxygens (including phenoxy) is 1. The van der Waals surface area contributed by atoms with Crippen LogP contribution in [0.4, 0.5) is 0 Å². The van der Waals surface area contributed by atoms with Gasteiger partial charge in [0.15, 0.2) is 0 Å². The van der Waals surface area contributed by atoms with Crippen molar-refractivity contribution in [2.45, 2.75) is 43.9 Å². The molecule has 0 atom stereocenters. The first kappa shape index (κ1) is 18.5. The van der Waals surface area contributed by atoms with Crippen molar-refractivity contribution in [1.29, 1.82) is 0 Å². The summed E-state index contributed by atoms with van der Waals surface area (Å²) in [5.41, 5.74) is 4.97. The van der Waals surface area contributed by atoms with Crippen molar-refractivity contribution in [3.05, 3.63) is 59.7 Å². The highest BCUT2D eigenvalue weighted by atomic mass is 16.5. The van der Waals surface area contributed by atoms with E-state index in [0.29, 0.717) is 5.41 Å². The normalized spacial score (nSPS) is 30.0. The second-order valence-corrected chi connectivity index (χ2v) is 9.41. The molecule has 6 rings (SSSR count). The fraction of sp³-hybridized carbons (Fsp3) is 0.423. The van der Waals surface area contributed by atoms with Crippen molar-refractivity contribution in [2.24, 2.45) is 17.8 Å². The van der Waals surface area contributed by atoms with Crippen molar-refractivity contribution in [3.63, 3.8) is 0 Å². The van der Waals surface area contributed by atoms with Crippen LogP contribution < -0.4 is 4.74 Å². The Kier molecular flexibility index (Phi) is 4.49. The van der Waals surface area contributed by atoms with Gasteiger partial charge in [0, 0.05) is 11.6 Å². The fourth-order valence-electron chi connectivity index (χ4n) is 6.70. The summed E-state index contributed by atoms with van der Waals surface area (Å²) >= 11 is 0. The zero-order chi connectivity index (χ0) is 20.0. The van der Waals surface area contributed by atoms with Crippen LogP contribution in [0.3, 0.4) is 0 Å². The van der Waals surface area contributed by atoms with Crippen LogP contribution in [0.5, 0.6) is 5.75 Å². The Bertz CT molecular complexity index is 919. The molecule has 0 radical (unpaired) electrons. The van der Waals surface area contributed by atoms with E-state index >= 15 is 0 Å². The van der Waals surface area contributed by atoms with E-state index in [1.54, 1.807) is 13.2 Å². The first-order chi connectivity index (χ1) is 14.0. The molecular formula is C26H28O3. The number of benzene rings is 2. The zero-order valence-corrected chi connectivity index (χ0v) is 16.9. The summed E-state index contributed by atoms with van der Waals surface area (Å²) in [4.78, 5) is 10.7. The lowest BCUT2D eigenvalue weighted by Gasteiger charge is -2.57. The molecule has 0 amide bonds. The summed E-state index contributed by atoms with van der Waals surface area (Å²) in [7, 11) is 1.79. The first-order valence-corrected chi connectivity index (χ1v) is 10.7. The van der Waals surface area contributed by atoms with E-state index in [1.807, 2.05) is 12.1 Å². The summed E-state index contributed by atoms with van der Waals surface area (Å²) in [6.45, 7) is 0. The molecule has 0 heterocycles. The number of methoxy groups -OCH3 is 1. The molecule has 3 heteroatoms. The molecule has 0 saturated heterocycles. The van der Waals surface area contributed by atoms with E-state index in [-0.39, 0.29) is 0 Å². The highest BCUT2D eigenvalue weighted by Crippen LogP contribution is 2.62. The molecule has 3 nitrogen and oxygen atoms in total. The number of carboxylic acid groups (broad SMARTS) is 1. The maximum Gasteiger partial charge on any atom is 0.328 e. The molecule has 2 aromatic carbocycles. The van der Waals surface area contributed by atoms with Crippen LogP contribution in [0, 0.1) is 17.8 Å². The van der Waals surface area contributed by atoms with Crippen molar-refractivity contribution < 1.29 is 14.6 Å². The molecule has 4 fully saturated rings. The maximum absolute atomic E-state index is 10.7. The average molecular weight is 389 g/mol. The van der Waals surface area contributed by atoms with Gasteiger partial charge in [-0.05, 0) is 96.6 Å². The maximum atomic E-state index is 10.7. The molecule has 0 unspecified atom stereocenters. The second-order valence-electron chi connectivity index (χ2n) is 9.41. The van der Waals surface area contributed by atoms with Gasteiger partial charge < -0.3 is 9.84 Å². The molecular weight excluding hydrogens is 360 g/mol. The van der Waals surface area contributed by atoms with Crippen LogP contribution in [0.25, 0.3) is 17.2 Å². The predicted molar refractivity (Wildman–Crippen MR) is 115 cm³/mol. The summed E-state index contributed by atoms with van der Waals surface area (Å²) < 4.78 is 5.83. The Morgan fingerprint density at radius 2 is 1.55 bits per heavy atom. The van der Waals surface area contributed by atoms with Gasteiger partial charge in [0.05, 0.1) is 7.11 Å². The van der Waals surface area contributed by atoms with Crippen LogP contribution in [-0.2, 0) is 10.2 Å². The van der Waals surface area contributed by atoms with Crippen LogP contribution in [0.1, 0.15) is 49.7 Å². The molecule has 29 heavy (non-hydrogen) atoms. The van der Waals surface area contributed by atoms with E-state index in [2.05, 4.69) is 30.3 Å². The summed E-state index contributed by atoms with van der Waals surface area (Å²) in [6, 6.07) is 14.8. The largest absolute Gasteiger partial charge is 0.496 e. The van der Waals surface area contributed by atoms with Crippen LogP contribution in [0.15, 0.2) is 48.5 Å². The molecule has 4 saturated carbocycles. The van der Waals surface area contributed by atoms with Crippen molar-refractivity contribution >= 4 is 12.0 Å². The average Bonchev–Trinajstić information content (AvgIpc) is 2.71. The van der Waals surface area contributed by atoms with Crippen molar-refractivity contribution in [1.82, 2.24) is 0 Å². The van der Waals surface area contributed by atoms with Crippen LogP contribution >= 0.6 is 0 Å². The van der Waals surface area contributed by atoms with Gasteiger partial charge in [-0.3, -0.25) is 0 Å². The van der Waals surface area contributed by atoms with Gasteiger partial charge >= 0.3 is 5.97 Å². The topological polar surface area (TPSA) is 46.5 Å². The van der Waals surface area contributed by atoms with E-state index in [9.17, 15) is 4.79 Å². The van der Waals surface area contributed by atoms with Gasteiger partial charge in [-0.15, -0.1) is 0 Å². The predicted octanol–water partition coefficient (Wildman–Crippen LogP) is 5.93. The Hall–Kier alpha value is -2.55. The number of aliphatic carboxylic acids is 1. The Balaban J connectivity index is 1.50. The standard InChI is InChI=1S/C26H28O3/c1-29-24-8-7-22(21-5-2-17(3-6-21)4-9-25(27)28)13-23(24)26-14-18-10-19(15-26)12-20(11-18)16-26/h2-9,13,18-20H,10-12,14-16H2,1H3,(H,27,28)/b9-4+. The Labute approximate surface area is 172 Å². The molecule has 4 aliphatic carbocycles. The number of hydrogen-bond donors (Lipinski definition) is 1. The minimum absolute atomic E-state index is 0.292. The summed E-state index contributed by atoms with van der Waals surface area (Å²) in [5.74, 6) is 2.81. The third kappa shape index (κ3) is 3.37. The molecule has 0 spiro atoms. The lowest BCUT2D eigenvalue weighted by atomic mass is 9.48. The van der Waals surface area contributed by atoms with Crippen molar-refractivity contribution in [3.8, 4) is 16.9 Å². The van der Waals surface area contributed by atoms with Gasteiger partial charge in [-0.2, -0.15) is 0 Å². The highest BCUT2D eigenvalue weighted by molar-refractivity contribution is 5.85. The van der Waals surface area contributed by atoms with E-state index in [0.717, 1.165) is 34.6 Å². The summed E-state index contributed by atoms with van der Waals surface area (Å²) in [6.07, 6.45) is 11.1. The number of carbonyl (C=O) groups is 1. The molecule has 0 aliphatic heterocycles. The number of carboxylic acids is 1. The molecule has 4 aliphatic rings. The molecule has 150 valence electrons. The third-order valence-corrected chi connectivity index (χ3v) is 7.47. The van der Waals surface area contributed by atoms with E-state index < -0.39 is 5.97 Å². The molecule has 1 N–H and O–H groups in total. The van der Waals surface area contributed by atoms with E-state index in [4.69, 9.17) is 9.84 Å². The zero-order valence-electron chi connectivity index (χ0n) is 16.9. The smallest absolute Gasteiger partial charge is 0.328 e. The highest BCUT2D eigenvalue weighted by Gasteiger charge is 2.52. The first-order valence-electron chi connectivity index (χ1n) is 10.7. The fourth-order valence-corrected chi connectivity index (χ4v) is 6.70. The number of rotatable bonds is 5. The van der Waals surface area contributed by atoms with Crippen LogP contribution in [0.2, 0.25) is 0 Å². The molecule has 4 bridgehead atoms. The van der Waals surface area contributed by atoms with Gasteiger partial charge in [0.25, 0.3) is 0 Å².